The van der Waals surface area contributed by atoms with Gasteiger partial charge in [-0.1, -0.05) is 28.1 Å². The number of halogens is 1. The summed E-state index contributed by atoms with van der Waals surface area (Å²) in [6.45, 7) is 1.72. The zero-order chi connectivity index (χ0) is 15.4. The molecule has 0 bridgehead atoms. The SMILES string of the molecule is Cc1cc(NC(=O)CCc2cccc(Br)c2)sc1C(=O)O. The number of carboxylic acids is 1. The van der Waals surface area contributed by atoms with Crippen molar-refractivity contribution in [3.05, 3.63) is 50.8 Å². The topological polar surface area (TPSA) is 66.4 Å². The number of nitrogens with one attached hydrogen (secondary N) is 1. The lowest BCUT2D eigenvalue weighted by Gasteiger charge is -2.03. The molecule has 0 radical (unpaired) electrons. The molecule has 0 unspecified atom stereocenters. The first-order valence-corrected chi connectivity index (χ1v) is 7.94. The molecule has 4 nitrogen and oxygen atoms in total. The molecular formula is C15H14BrNO3S. The van der Waals surface area contributed by atoms with E-state index < -0.39 is 5.97 Å². The number of carbonyl (C=O) groups excluding carboxylic acids is 1. The molecular weight excluding hydrogens is 354 g/mol. The van der Waals surface area contributed by atoms with Gasteiger partial charge < -0.3 is 10.4 Å². The van der Waals surface area contributed by atoms with Crippen LogP contribution in [0.1, 0.15) is 27.2 Å². The molecule has 2 N–H and O–H groups in total. The Bertz CT molecular complexity index is 681. The standard InChI is InChI=1S/C15H14BrNO3S/c1-9-7-13(21-14(9)15(19)20)17-12(18)6-5-10-3-2-4-11(16)8-10/h2-4,7-8H,5-6H2,1H3,(H,17,18)(H,19,20). The summed E-state index contributed by atoms with van der Waals surface area (Å²) in [4.78, 5) is 23.1. The third-order valence-electron chi connectivity index (χ3n) is 2.90. The highest BCUT2D eigenvalue weighted by atomic mass is 79.9. The maximum Gasteiger partial charge on any atom is 0.346 e. The van der Waals surface area contributed by atoms with Crippen molar-refractivity contribution in [1.82, 2.24) is 0 Å². The molecule has 1 aromatic heterocycles. The highest BCUT2D eigenvalue weighted by Crippen LogP contribution is 2.26. The van der Waals surface area contributed by atoms with Crippen LogP contribution in [0.4, 0.5) is 5.00 Å². The number of amides is 1. The van der Waals surface area contributed by atoms with E-state index in [1.165, 1.54) is 0 Å². The van der Waals surface area contributed by atoms with Crippen molar-refractivity contribution in [2.75, 3.05) is 5.32 Å². The summed E-state index contributed by atoms with van der Waals surface area (Å²) in [6.07, 6.45) is 0.997. The molecule has 6 heteroatoms. The molecule has 1 aromatic carbocycles. The van der Waals surface area contributed by atoms with Gasteiger partial charge in [0.25, 0.3) is 0 Å². The quantitative estimate of drug-likeness (QED) is 0.836. The van der Waals surface area contributed by atoms with Crippen LogP contribution in [0.25, 0.3) is 0 Å². The Labute approximate surface area is 134 Å². The molecule has 0 aliphatic carbocycles. The number of thiophene rings is 1. The lowest BCUT2D eigenvalue weighted by atomic mass is 10.1. The Balaban J connectivity index is 1.93. The zero-order valence-corrected chi connectivity index (χ0v) is 13.8. The second-order valence-electron chi connectivity index (χ2n) is 4.61. The number of carbonyl (C=O) groups is 2. The van der Waals surface area contributed by atoms with Gasteiger partial charge in [-0.15, -0.1) is 11.3 Å². The van der Waals surface area contributed by atoms with Crippen LogP contribution in [0.2, 0.25) is 0 Å². The molecule has 0 aliphatic rings. The number of hydrogen-bond donors (Lipinski definition) is 2. The van der Waals surface area contributed by atoms with Crippen molar-refractivity contribution in [3.8, 4) is 0 Å². The molecule has 2 rings (SSSR count). The summed E-state index contributed by atoms with van der Waals surface area (Å²) in [5, 5.41) is 12.3. The van der Waals surface area contributed by atoms with Gasteiger partial charge in [0.05, 0.1) is 5.00 Å². The second-order valence-corrected chi connectivity index (χ2v) is 6.57. The number of hydrogen-bond acceptors (Lipinski definition) is 3. The van der Waals surface area contributed by atoms with Crippen LogP contribution in [-0.4, -0.2) is 17.0 Å². The van der Waals surface area contributed by atoms with E-state index in [2.05, 4.69) is 21.2 Å². The third kappa shape index (κ3) is 4.41. The minimum Gasteiger partial charge on any atom is -0.477 e. The smallest absolute Gasteiger partial charge is 0.346 e. The molecule has 21 heavy (non-hydrogen) atoms. The molecule has 1 amide bonds. The van der Waals surface area contributed by atoms with Gasteiger partial charge in [0.15, 0.2) is 0 Å². The van der Waals surface area contributed by atoms with E-state index in [0.717, 1.165) is 21.4 Å². The van der Waals surface area contributed by atoms with E-state index in [1.54, 1.807) is 13.0 Å². The molecule has 1 heterocycles. The van der Waals surface area contributed by atoms with Crippen LogP contribution < -0.4 is 5.32 Å². The van der Waals surface area contributed by atoms with Crippen LogP contribution in [-0.2, 0) is 11.2 Å². The van der Waals surface area contributed by atoms with Gasteiger partial charge in [-0.2, -0.15) is 0 Å². The average Bonchev–Trinajstić information content (AvgIpc) is 2.77. The first-order valence-electron chi connectivity index (χ1n) is 6.33. The second kappa shape index (κ2) is 6.87. The number of rotatable bonds is 5. The van der Waals surface area contributed by atoms with E-state index in [-0.39, 0.29) is 10.8 Å². The van der Waals surface area contributed by atoms with Crippen LogP contribution in [0.5, 0.6) is 0 Å². The molecule has 2 aromatic rings. The lowest BCUT2D eigenvalue weighted by Crippen LogP contribution is -2.11. The number of anilines is 1. The number of benzene rings is 1. The van der Waals surface area contributed by atoms with Crippen molar-refractivity contribution >= 4 is 44.1 Å². The highest BCUT2D eigenvalue weighted by Gasteiger charge is 2.13. The van der Waals surface area contributed by atoms with E-state index in [0.29, 0.717) is 23.4 Å². The summed E-state index contributed by atoms with van der Waals surface area (Å²) >= 11 is 4.47. The number of aryl methyl sites for hydroxylation is 2. The molecule has 0 aliphatic heterocycles. The Morgan fingerprint density at radius 3 is 2.71 bits per heavy atom. The molecule has 0 atom stereocenters. The summed E-state index contributed by atoms with van der Waals surface area (Å²) in [7, 11) is 0. The van der Waals surface area contributed by atoms with Gasteiger partial charge in [0.1, 0.15) is 4.88 Å². The normalized spacial score (nSPS) is 10.4. The highest BCUT2D eigenvalue weighted by molar-refractivity contribution is 9.10. The van der Waals surface area contributed by atoms with E-state index in [1.807, 2.05) is 24.3 Å². The number of aromatic carboxylic acids is 1. The molecule has 0 saturated heterocycles. The lowest BCUT2D eigenvalue weighted by molar-refractivity contribution is -0.116. The Hall–Kier alpha value is -1.66. The predicted octanol–water partition coefficient (Wildman–Crippen LogP) is 4.09. The largest absolute Gasteiger partial charge is 0.477 e. The summed E-state index contributed by atoms with van der Waals surface area (Å²) < 4.78 is 0.986. The minimum absolute atomic E-state index is 0.117. The molecule has 0 saturated carbocycles. The molecule has 0 fully saturated rings. The van der Waals surface area contributed by atoms with Gasteiger partial charge >= 0.3 is 5.97 Å². The van der Waals surface area contributed by atoms with Gasteiger partial charge in [-0.25, -0.2) is 4.79 Å². The van der Waals surface area contributed by atoms with Crippen LogP contribution >= 0.6 is 27.3 Å². The van der Waals surface area contributed by atoms with E-state index in [4.69, 9.17) is 5.11 Å². The summed E-state index contributed by atoms with van der Waals surface area (Å²) in [5.74, 6) is -1.08. The van der Waals surface area contributed by atoms with Gasteiger partial charge in [-0.3, -0.25) is 4.79 Å². The Morgan fingerprint density at radius 1 is 1.33 bits per heavy atom. The van der Waals surface area contributed by atoms with Crippen LogP contribution in [0, 0.1) is 6.92 Å². The fraction of sp³-hybridized carbons (Fsp3) is 0.200. The Kier molecular flexibility index (Phi) is 5.14. The van der Waals surface area contributed by atoms with Crippen LogP contribution in [0.3, 0.4) is 0 Å². The third-order valence-corrected chi connectivity index (χ3v) is 4.54. The maximum atomic E-state index is 11.9. The fourth-order valence-electron chi connectivity index (χ4n) is 1.91. The van der Waals surface area contributed by atoms with E-state index in [9.17, 15) is 9.59 Å². The van der Waals surface area contributed by atoms with Crippen molar-refractivity contribution in [2.45, 2.75) is 19.8 Å². The van der Waals surface area contributed by atoms with Gasteiger partial charge in [0, 0.05) is 10.9 Å². The predicted molar refractivity (Wildman–Crippen MR) is 87.1 cm³/mol. The van der Waals surface area contributed by atoms with Crippen molar-refractivity contribution < 1.29 is 14.7 Å². The summed E-state index contributed by atoms with van der Waals surface area (Å²) in [5.41, 5.74) is 1.74. The van der Waals surface area contributed by atoms with Crippen molar-refractivity contribution in [3.63, 3.8) is 0 Å². The van der Waals surface area contributed by atoms with E-state index >= 15 is 0 Å². The maximum absolute atomic E-state index is 11.9. The van der Waals surface area contributed by atoms with Gasteiger partial charge in [0.2, 0.25) is 5.91 Å². The molecule has 0 spiro atoms. The van der Waals surface area contributed by atoms with Crippen molar-refractivity contribution in [2.24, 2.45) is 0 Å². The van der Waals surface area contributed by atoms with Crippen molar-refractivity contribution in [1.29, 1.82) is 0 Å². The first-order chi connectivity index (χ1) is 9.95. The summed E-state index contributed by atoms with van der Waals surface area (Å²) in [6, 6.07) is 9.50. The zero-order valence-electron chi connectivity index (χ0n) is 11.4. The number of carboxylic acid groups (broad SMARTS) is 1. The molecule has 110 valence electrons. The van der Waals surface area contributed by atoms with Gasteiger partial charge in [-0.05, 0) is 42.7 Å². The monoisotopic (exact) mass is 367 g/mol. The average molecular weight is 368 g/mol. The first kappa shape index (κ1) is 15.7. The van der Waals surface area contributed by atoms with Crippen LogP contribution in [0.15, 0.2) is 34.8 Å². The fourth-order valence-corrected chi connectivity index (χ4v) is 3.28. The Morgan fingerprint density at radius 2 is 2.10 bits per heavy atom. The minimum atomic E-state index is -0.966.